The number of hydrogen-bond donors (Lipinski definition) is 2. The lowest BCUT2D eigenvalue weighted by atomic mass is 10.2. The number of rotatable bonds is 7. The fourth-order valence-electron chi connectivity index (χ4n) is 1.34. The van der Waals surface area contributed by atoms with E-state index < -0.39 is 0 Å². The normalized spacial score (nSPS) is 10.2. The molecular formula is C12H18N2O3. The number of esters is 1. The van der Waals surface area contributed by atoms with E-state index in [1.807, 2.05) is 0 Å². The van der Waals surface area contributed by atoms with Crippen molar-refractivity contribution in [3.8, 4) is 0 Å². The predicted octanol–water partition coefficient (Wildman–Crippen LogP) is 0.730. The van der Waals surface area contributed by atoms with Crippen molar-refractivity contribution >= 4 is 5.97 Å². The highest BCUT2D eigenvalue weighted by molar-refractivity contribution is 5.89. The molecule has 94 valence electrons. The number of hydrogen-bond acceptors (Lipinski definition) is 5. The third kappa shape index (κ3) is 4.93. The number of ether oxygens (including phenoxy) is 1. The molecule has 0 saturated heterocycles. The lowest BCUT2D eigenvalue weighted by Crippen LogP contribution is -2.17. The van der Waals surface area contributed by atoms with E-state index in [2.05, 4.69) is 10.3 Å². The molecule has 0 aliphatic rings. The summed E-state index contributed by atoms with van der Waals surface area (Å²) in [6.07, 6.45) is 2.30. The third-order valence-corrected chi connectivity index (χ3v) is 2.15. The molecule has 0 saturated carbocycles. The summed E-state index contributed by atoms with van der Waals surface area (Å²) in [5.74, 6) is -0.327. The van der Waals surface area contributed by atoms with Crippen LogP contribution in [0.15, 0.2) is 18.3 Å². The maximum absolute atomic E-state index is 11.5. The highest BCUT2D eigenvalue weighted by atomic mass is 16.5. The number of nitrogens with one attached hydrogen (secondary N) is 1. The van der Waals surface area contributed by atoms with Crippen molar-refractivity contribution in [2.45, 2.75) is 19.9 Å². The topological polar surface area (TPSA) is 71.5 Å². The highest BCUT2D eigenvalue weighted by Crippen LogP contribution is 2.03. The third-order valence-electron chi connectivity index (χ3n) is 2.15. The van der Waals surface area contributed by atoms with Crippen LogP contribution in [0.2, 0.25) is 0 Å². The molecule has 0 aliphatic carbocycles. The number of nitrogens with zero attached hydrogens (tertiary/aromatic N) is 1. The minimum Gasteiger partial charge on any atom is -0.462 e. The van der Waals surface area contributed by atoms with Gasteiger partial charge in [0.25, 0.3) is 0 Å². The summed E-state index contributed by atoms with van der Waals surface area (Å²) in [5, 5.41) is 11.7. The largest absolute Gasteiger partial charge is 0.462 e. The average Bonchev–Trinajstić information content (AvgIpc) is 2.35. The second-order valence-corrected chi connectivity index (χ2v) is 3.51. The van der Waals surface area contributed by atoms with Gasteiger partial charge in [0.1, 0.15) is 0 Å². The quantitative estimate of drug-likeness (QED) is 0.541. The first-order valence-corrected chi connectivity index (χ1v) is 5.71. The summed E-state index contributed by atoms with van der Waals surface area (Å²) in [5.41, 5.74) is 1.30. The van der Waals surface area contributed by atoms with Gasteiger partial charge in [0.15, 0.2) is 0 Å². The van der Waals surface area contributed by atoms with E-state index in [-0.39, 0.29) is 12.6 Å². The Morgan fingerprint density at radius 3 is 3.12 bits per heavy atom. The number of aliphatic hydroxyl groups excluding tert-OH is 1. The number of carbonyl (C=O) groups excluding carboxylic acids is 1. The van der Waals surface area contributed by atoms with Gasteiger partial charge in [-0.2, -0.15) is 0 Å². The van der Waals surface area contributed by atoms with Crippen LogP contribution in [0.5, 0.6) is 0 Å². The molecular weight excluding hydrogens is 220 g/mol. The molecule has 0 unspecified atom stereocenters. The summed E-state index contributed by atoms with van der Waals surface area (Å²) >= 11 is 0. The van der Waals surface area contributed by atoms with E-state index in [9.17, 15) is 4.79 Å². The molecule has 0 atom stereocenters. The van der Waals surface area contributed by atoms with Crippen molar-refractivity contribution < 1.29 is 14.6 Å². The van der Waals surface area contributed by atoms with Crippen LogP contribution in [0.3, 0.4) is 0 Å². The second kappa shape index (κ2) is 7.76. The van der Waals surface area contributed by atoms with Gasteiger partial charge in [-0.1, -0.05) is 0 Å². The average molecular weight is 238 g/mol. The van der Waals surface area contributed by atoms with Gasteiger partial charge in [-0.05, 0) is 32.0 Å². The molecule has 0 spiro atoms. The maximum Gasteiger partial charge on any atom is 0.338 e. The number of aromatic nitrogens is 1. The first-order chi connectivity index (χ1) is 8.27. The van der Waals surface area contributed by atoms with Crippen LogP contribution in [-0.2, 0) is 11.3 Å². The monoisotopic (exact) mass is 238 g/mol. The van der Waals surface area contributed by atoms with E-state index in [1.54, 1.807) is 25.3 Å². The van der Waals surface area contributed by atoms with Gasteiger partial charge < -0.3 is 15.2 Å². The Hall–Kier alpha value is -1.46. The van der Waals surface area contributed by atoms with Crippen molar-refractivity contribution in [1.82, 2.24) is 10.3 Å². The molecule has 1 aromatic rings. The molecule has 0 fully saturated rings. The Balaban J connectivity index is 2.50. The van der Waals surface area contributed by atoms with Gasteiger partial charge in [-0.3, -0.25) is 4.98 Å². The number of aliphatic hydroxyl groups is 1. The smallest absolute Gasteiger partial charge is 0.338 e. The molecule has 5 heteroatoms. The van der Waals surface area contributed by atoms with E-state index in [0.29, 0.717) is 25.1 Å². The second-order valence-electron chi connectivity index (χ2n) is 3.51. The Labute approximate surface area is 101 Å². The highest BCUT2D eigenvalue weighted by Gasteiger charge is 2.06. The number of carbonyl (C=O) groups is 1. The Bertz CT molecular complexity index is 355. The molecule has 0 amide bonds. The molecule has 5 nitrogen and oxygen atoms in total. The van der Waals surface area contributed by atoms with Gasteiger partial charge >= 0.3 is 5.97 Å². The van der Waals surface area contributed by atoms with Crippen molar-refractivity contribution in [2.24, 2.45) is 0 Å². The van der Waals surface area contributed by atoms with Crippen LogP contribution in [0.4, 0.5) is 0 Å². The summed E-state index contributed by atoms with van der Waals surface area (Å²) < 4.78 is 4.91. The molecule has 2 N–H and O–H groups in total. The molecule has 0 bridgehead atoms. The van der Waals surface area contributed by atoms with E-state index >= 15 is 0 Å². The molecule has 0 aromatic carbocycles. The van der Waals surface area contributed by atoms with Crippen molar-refractivity contribution in [2.75, 3.05) is 19.8 Å². The Morgan fingerprint density at radius 2 is 2.41 bits per heavy atom. The van der Waals surface area contributed by atoms with Crippen LogP contribution in [0, 0.1) is 0 Å². The van der Waals surface area contributed by atoms with Crippen LogP contribution < -0.4 is 5.32 Å². The van der Waals surface area contributed by atoms with E-state index in [4.69, 9.17) is 9.84 Å². The van der Waals surface area contributed by atoms with Gasteiger partial charge in [0, 0.05) is 19.3 Å². The van der Waals surface area contributed by atoms with Gasteiger partial charge in [-0.25, -0.2) is 4.79 Å². The zero-order valence-electron chi connectivity index (χ0n) is 9.98. The molecule has 1 heterocycles. The lowest BCUT2D eigenvalue weighted by Gasteiger charge is -2.05. The van der Waals surface area contributed by atoms with Gasteiger partial charge in [0.05, 0.1) is 17.9 Å². The summed E-state index contributed by atoms with van der Waals surface area (Å²) in [4.78, 5) is 15.6. The SMILES string of the molecule is CCOC(=O)c1ccnc(CNCCCO)c1. The minimum atomic E-state index is -0.327. The fourth-order valence-corrected chi connectivity index (χ4v) is 1.34. The first kappa shape index (κ1) is 13.6. The molecule has 17 heavy (non-hydrogen) atoms. The fraction of sp³-hybridized carbons (Fsp3) is 0.500. The van der Waals surface area contributed by atoms with Crippen molar-refractivity contribution in [3.05, 3.63) is 29.6 Å². The summed E-state index contributed by atoms with van der Waals surface area (Å²) in [6, 6.07) is 3.35. The van der Waals surface area contributed by atoms with Crippen LogP contribution in [-0.4, -0.2) is 35.8 Å². The zero-order chi connectivity index (χ0) is 12.5. The Morgan fingerprint density at radius 1 is 1.59 bits per heavy atom. The lowest BCUT2D eigenvalue weighted by molar-refractivity contribution is 0.0526. The van der Waals surface area contributed by atoms with Crippen molar-refractivity contribution in [3.63, 3.8) is 0 Å². The van der Waals surface area contributed by atoms with Gasteiger partial charge in [-0.15, -0.1) is 0 Å². The maximum atomic E-state index is 11.5. The predicted molar refractivity (Wildman–Crippen MR) is 63.6 cm³/mol. The van der Waals surface area contributed by atoms with Crippen LogP contribution in [0.1, 0.15) is 29.4 Å². The molecule has 0 radical (unpaired) electrons. The van der Waals surface area contributed by atoms with Crippen molar-refractivity contribution in [1.29, 1.82) is 0 Å². The Kier molecular flexibility index (Phi) is 6.21. The standard InChI is InChI=1S/C12H18N2O3/c1-2-17-12(16)10-4-6-14-11(8-10)9-13-5-3-7-15/h4,6,8,13,15H,2-3,5,7,9H2,1H3. The summed E-state index contributed by atoms with van der Waals surface area (Å²) in [6.45, 7) is 3.61. The van der Waals surface area contributed by atoms with Gasteiger partial charge in [0.2, 0.25) is 0 Å². The van der Waals surface area contributed by atoms with Crippen LogP contribution in [0.25, 0.3) is 0 Å². The molecule has 1 rings (SSSR count). The first-order valence-electron chi connectivity index (χ1n) is 5.71. The molecule has 0 aliphatic heterocycles. The van der Waals surface area contributed by atoms with E-state index in [1.165, 1.54) is 0 Å². The van der Waals surface area contributed by atoms with E-state index in [0.717, 1.165) is 12.2 Å². The minimum absolute atomic E-state index is 0.170. The summed E-state index contributed by atoms with van der Waals surface area (Å²) in [7, 11) is 0. The zero-order valence-corrected chi connectivity index (χ0v) is 9.98. The molecule has 1 aromatic heterocycles. The number of pyridine rings is 1. The van der Waals surface area contributed by atoms with Crippen LogP contribution >= 0.6 is 0 Å².